The molecule has 0 bridgehead atoms. The third-order valence-corrected chi connectivity index (χ3v) is 3.28. The van der Waals surface area contributed by atoms with Gasteiger partial charge in [-0.05, 0) is 31.4 Å². The van der Waals surface area contributed by atoms with Crippen LogP contribution >= 0.6 is 11.8 Å². The molecule has 5 nitrogen and oxygen atoms in total. The van der Waals surface area contributed by atoms with Gasteiger partial charge in [0.15, 0.2) is 11.4 Å². The minimum atomic E-state index is 0.582. The van der Waals surface area contributed by atoms with E-state index in [1.54, 1.807) is 0 Å². The predicted octanol–water partition coefficient (Wildman–Crippen LogP) is 2.30. The van der Waals surface area contributed by atoms with E-state index in [1.807, 2.05) is 49.3 Å². The van der Waals surface area contributed by atoms with Gasteiger partial charge in [-0.1, -0.05) is 11.8 Å². The fourth-order valence-electron chi connectivity index (χ4n) is 1.67. The van der Waals surface area contributed by atoms with Crippen LogP contribution in [0.2, 0.25) is 0 Å². The molecular formula is C12H13N5S. The molecular weight excluding hydrogens is 246 g/mol. The first-order chi connectivity index (χ1) is 8.65. The first-order valence-electron chi connectivity index (χ1n) is 5.37. The molecule has 6 heteroatoms. The number of aromatic nitrogens is 2. The van der Waals surface area contributed by atoms with Gasteiger partial charge in [0.25, 0.3) is 0 Å². The Balaban J connectivity index is 2.47. The van der Waals surface area contributed by atoms with Gasteiger partial charge in [-0.25, -0.2) is 4.99 Å². The van der Waals surface area contributed by atoms with Crippen molar-refractivity contribution >= 4 is 33.5 Å². The normalized spacial score (nSPS) is 11.6. The average Bonchev–Trinajstić information content (AvgIpc) is 2.65. The molecule has 0 amide bonds. The van der Waals surface area contributed by atoms with Crippen molar-refractivity contribution in [3.63, 3.8) is 0 Å². The van der Waals surface area contributed by atoms with Gasteiger partial charge in [0.2, 0.25) is 0 Å². The lowest BCUT2D eigenvalue weighted by Crippen LogP contribution is -2.12. The minimum absolute atomic E-state index is 0.582. The Morgan fingerprint density at radius 2 is 2.33 bits per heavy atom. The van der Waals surface area contributed by atoms with E-state index in [4.69, 9.17) is 5.26 Å². The molecule has 0 aliphatic heterocycles. The highest BCUT2D eigenvalue weighted by molar-refractivity contribution is 8.13. The zero-order valence-electron chi connectivity index (χ0n) is 10.4. The van der Waals surface area contributed by atoms with E-state index in [2.05, 4.69) is 15.4 Å². The van der Waals surface area contributed by atoms with Crippen molar-refractivity contribution in [1.29, 1.82) is 5.26 Å². The second-order valence-electron chi connectivity index (χ2n) is 3.77. The van der Waals surface area contributed by atoms with Crippen LogP contribution in [0.15, 0.2) is 23.2 Å². The number of rotatable bonds is 1. The fraction of sp³-hybridized carbons (Fsp3) is 0.250. The number of hydrogen-bond acceptors (Lipinski definition) is 4. The van der Waals surface area contributed by atoms with Gasteiger partial charge in [-0.3, -0.25) is 10.00 Å². The van der Waals surface area contributed by atoms with Crippen LogP contribution in [0.3, 0.4) is 0 Å². The number of fused-ring (bicyclic) bond motifs is 1. The average molecular weight is 259 g/mol. The van der Waals surface area contributed by atoms with Gasteiger partial charge >= 0.3 is 0 Å². The molecule has 1 aromatic heterocycles. The standard InChI is InChI=1S/C12H13N5S/c1-8-10-6-9(15-12(18-3)14-7-13)4-5-11(10)16-17(8)2/h4-6H,1-3H3,(H,14,15). The molecule has 1 aromatic carbocycles. The SMILES string of the molecule is CSC(=Nc1ccc2nn(C)c(C)c2c1)NC#N. The number of nitriles is 1. The Hall–Kier alpha value is -2.00. The van der Waals surface area contributed by atoms with Crippen molar-refractivity contribution in [3.8, 4) is 6.19 Å². The van der Waals surface area contributed by atoms with Crippen LogP contribution in [0, 0.1) is 18.4 Å². The summed E-state index contributed by atoms with van der Waals surface area (Å²) in [4.78, 5) is 4.38. The number of nitrogens with one attached hydrogen (secondary N) is 1. The Morgan fingerprint density at radius 3 is 3.00 bits per heavy atom. The molecule has 0 saturated heterocycles. The van der Waals surface area contributed by atoms with Crippen LogP contribution in [-0.2, 0) is 7.05 Å². The number of amidine groups is 1. The van der Waals surface area contributed by atoms with Crippen LogP contribution < -0.4 is 5.32 Å². The number of aliphatic imine (C=N–C) groups is 1. The van der Waals surface area contributed by atoms with Crippen LogP contribution in [0.25, 0.3) is 10.9 Å². The maximum Gasteiger partial charge on any atom is 0.183 e. The van der Waals surface area contributed by atoms with E-state index < -0.39 is 0 Å². The Labute approximate surface area is 110 Å². The maximum atomic E-state index is 8.60. The van der Waals surface area contributed by atoms with Gasteiger partial charge < -0.3 is 0 Å². The molecule has 2 aromatic rings. The highest BCUT2D eigenvalue weighted by Crippen LogP contribution is 2.23. The number of thioether (sulfide) groups is 1. The van der Waals surface area contributed by atoms with E-state index in [1.165, 1.54) is 11.8 Å². The lowest BCUT2D eigenvalue weighted by atomic mass is 10.2. The van der Waals surface area contributed by atoms with Crippen molar-refractivity contribution in [1.82, 2.24) is 15.1 Å². The van der Waals surface area contributed by atoms with Gasteiger partial charge in [0.1, 0.15) is 0 Å². The Bertz CT molecular complexity index is 650. The molecule has 0 atom stereocenters. The third-order valence-electron chi connectivity index (χ3n) is 2.70. The van der Waals surface area contributed by atoms with Crippen molar-refractivity contribution in [2.75, 3.05) is 6.26 Å². The molecule has 2 rings (SSSR count). The minimum Gasteiger partial charge on any atom is -0.272 e. The van der Waals surface area contributed by atoms with Gasteiger partial charge in [-0.2, -0.15) is 10.4 Å². The smallest absolute Gasteiger partial charge is 0.183 e. The summed E-state index contributed by atoms with van der Waals surface area (Å²) in [6, 6.07) is 5.81. The van der Waals surface area contributed by atoms with E-state index in [0.29, 0.717) is 5.17 Å². The Morgan fingerprint density at radius 1 is 1.56 bits per heavy atom. The molecule has 0 saturated carbocycles. The summed E-state index contributed by atoms with van der Waals surface area (Å²) >= 11 is 1.40. The summed E-state index contributed by atoms with van der Waals surface area (Å²) < 4.78 is 1.85. The molecule has 0 radical (unpaired) electrons. The summed E-state index contributed by atoms with van der Waals surface area (Å²) in [5.74, 6) is 0. The molecule has 1 heterocycles. The van der Waals surface area contributed by atoms with Gasteiger partial charge in [-0.15, -0.1) is 0 Å². The highest BCUT2D eigenvalue weighted by atomic mass is 32.2. The molecule has 1 N–H and O–H groups in total. The summed E-state index contributed by atoms with van der Waals surface area (Å²) in [6.45, 7) is 2.02. The van der Waals surface area contributed by atoms with E-state index >= 15 is 0 Å². The van der Waals surface area contributed by atoms with Gasteiger partial charge in [0.05, 0.1) is 11.2 Å². The maximum absolute atomic E-state index is 8.60. The zero-order chi connectivity index (χ0) is 13.1. The van der Waals surface area contributed by atoms with Crippen LogP contribution in [0.4, 0.5) is 5.69 Å². The fourth-order valence-corrected chi connectivity index (χ4v) is 2.02. The first kappa shape index (κ1) is 12.5. The monoisotopic (exact) mass is 259 g/mol. The van der Waals surface area contributed by atoms with Crippen molar-refractivity contribution in [3.05, 3.63) is 23.9 Å². The summed E-state index contributed by atoms with van der Waals surface area (Å²) in [5, 5.41) is 17.2. The third kappa shape index (κ3) is 2.31. The lowest BCUT2D eigenvalue weighted by molar-refractivity contribution is 0.751. The van der Waals surface area contributed by atoms with Gasteiger partial charge in [0, 0.05) is 18.1 Å². The largest absolute Gasteiger partial charge is 0.272 e. The van der Waals surface area contributed by atoms with E-state index in [-0.39, 0.29) is 0 Å². The molecule has 0 fully saturated rings. The van der Waals surface area contributed by atoms with E-state index in [9.17, 15) is 0 Å². The molecule has 0 aliphatic carbocycles. The second-order valence-corrected chi connectivity index (χ2v) is 4.56. The number of hydrogen-bond donors (Lipinski definition) is 1. The molecule has 18 heavy (non-hydrogen) atoms. The van der Waals surface area contributed by atoms with Crippen LogP contribution in [-0.4, -0.2) is 21.2 Å². The quantitative estimate of drug-likeness (QED) is 0.369. The first-order valence-corrected chi connectivity index (χ1v) is 6.59. The number of benzene rings is 1. The Kier molecular flexibility index (Phi) is 3.53. The highest BCUT2D eigenvalue weighted by Gasteiger charge is 2.05. The summed E-state index contributed by atoms with van der Waals surface area (Å²) in [7, 11) is 1.92. The van der Waals surface area contributed by atoms with E-state index in [0.717, 1.165) is 22.3 Å². The van der Waals surface area contributed by atoms with Crippen molar-refractivity contribution in [2.45, 2.75) is 6.92 Å². The van der Waals surface area contributed by atoms with Crippen molar-refractivity contribution < 1.29 is 0 Å². The predicted molar refractivity (Wildman–Crippen MR) is 74.8 cm³/mol. The molecule has 0 spiro atoms. The molecule has 0 unspecified atom stereocenters. The summed E-state index contributed by atoms with van der Waals surface area (Å²) in [5.41, 5.74) is 2.86. The topological polar surface area (TPSA) is 66.0 Å². The summed E-state index contributed by atoms with van der Waals surface area (Å²) in [6.07, 6.45) is 3.75. The number of nitrogens with zero attached hydrogens (tertiary/aromatic N) is 4. The molecule has 92 valence electrons. The number of aryl methyl sites for hydroxylation is 2. The molecule has 0 aliphatic rings. The van der Waals surface area contributed by atoms with Crippen molar-refractivity contribution in [2.24, 2.45) is 12.0 Å². The lowest BCUT2D eigenvalue weighted by Gasteiger charge is -2.00. The second kappa shape index (κ2) is 5.10. The van der Waals surface area contributed by atoms with Crippen LogP contribution in [0.5, 0.6) is 0 Å². The van der Waals surface area contributed by atoms with Crippen LogP contribution in [0.1, 0.15) is 5.69 Å². The zero-order valence-corrected chi connectivity index (χ0v) is 11.2.